The molecule has 0 unspecified atom stereocenters. The summed E-state index contributed by atoms with van der Waals surface area (Å²) in [7, 11) is 0. The van der Waals surface area contributed by atoms with Crippen molar-refractivity contribution in [1.29, 1.82) is 5.26 Å². The number of benzene rings is 1. The maximum Gasteiger partial charge on any atom is 0.165 e. The van der Waals surface area contributed by atoms with Gasteiger partial charge < -0.3 is 0 Å². The van der Waals surface area contributed by atoms with Gasteiger partial charge in [0.1, 0.15) is 0 Å². The van der Waals surface area contributed by atoms with E-state index in [1.165, 1.54) is 0 Å². The molecule has 1 N–H and O–H groups in total. The Hall–Kier alpha value is -2.12. The van der Waals surface area contributed by atoms with E-state index >= 15 is 0 Å². The van der Waals surface area contributed by atoms with Crippen molar-refractivity contribution in [3.63, 3.8) is 0 Å². The topological polar surface area (TPSA) is 69.5 Å². The van der Waals surface area contributed by atoms with Gasteiger partial charge in [-0.15, -0.1) is 0 Å². The summed E-state index contributed by atoms with van der Waals surface area (Å²) in [5.74, 6) is -0.0700. The van der Waals surface area contributed by atoms with Crippen molar-refractivity contribution in [2.45, 2.75) is 19.3 Å². The molecule has 3 rings (SSSR count). The lowest BCUT2D eigenvalue weighted by molar-refractivity contribution is 0.0966. The van der Waals surface area contributed by atoms with Gasteiger partial charge in [0.15, 0.2) is 5.78 Å². The third kappa shape index (κ3) is 2.33. The highest BCUT2D eigenvalue weighted by Gasteiger charge is 2.45. The van der Waals surface area contributed by atoms with Gasteiger partial charge in [-0.2, -0.15) is 10.4 Å². The van der Waals surface area contributed by atoms with Crippen molar-refractivity contribution in [2.75, 3.05) is 0 Å². The first kappa shape index (κ1) is 12.9. The normalized spacial score (nSPS) is 15.6. The van der Waals surface area contributed by atoms with Gasteiger partial charge in [0.2, 0.25) is 0 Å². The highest BCUT2D eigenvalue weighted by atomic mass is 35.5. The molecule has 4 nitrogen and oxygen atoms in total. The average Bonchev–Trinajstić information content (AvgIpc) is 3.01. The molecule has 0 saturated heterocycles. The predicted octanol–water partition coefficient (Wildman–Crippen LogP) is 3.61. The summed E-state index contributed by atoms with van der Waals surface area (Å²) in [6, 6.07) is 7.56. The summed E-state index contributed by atoms with van der Waals surface area (Å²) in [5.41, 5.74) is 1.81. The number of aromatic amines is 1. The van der Waals surface area contributed by atoms with Gasteiger partial charge in [0.25, 0.3) is 0 Å². The monoisotopic (exact) mass is 285 g/mol. The molecule has 1 aliphatic carbocycles. The van der Waals surface area contributed by atoms with Crippen LogP contribution in [0.2, 0.25) is 5.02 Å². The number of halogens is 1. The molecule has 2 aromatic rings. The highest BCUT2D eigenvalue weighted by molar-refractivity contribution is 6.34. The number of nitriles is 1. The molecular weight excluding hydrogens is 274 g/mol. The first-order chi connectivity index (χ1) is 9.63. The molecule has 0 aliphatic heterocycles. The lowest BCUT2D eigenvalue weighted by Gasteiger charge is -2.08. The number of nitrogens with zero attached hydrogens (tertiary/aromatic N) is 2. The molecule has 1 aromatic carbocycles. The fraction of sp³-hybridized carbons (Fsp3) is 0.267. The van der Waals surface area contributed by atoms with Crippen molar-refractivity contribution in [3.8, 4) is 17.2 Å². The van der Waals surface area contributed by atoms with E-state index in [4.69, 9.17) is 16.9 Å². The molecular formula is C15H12ClN3O. The number of hydrogen-bond acceptors (Lipinski definition) is 3. The molecule has 0 spiro atoms. The van der Waals surface area contributed by atoms with E-state index in [-0.39, 0.29) is 12.2 Å². The zero-order chi connectivity index (χ0) is 14.2. The van der Waals surface area contributed by atoms with Gasteiger partial charge in [0.05, 0.1) is 22.7 Å². The summed E-state index contributed by atoms with van der Waals surface area (Å²) in [4.78, 5) is 12.3. The van der Waals surface area contributed by atoms with Crippen LogP contribution in [0.1, 0.15) is 29.6 Å². The third-order valence-electron chi connectivity index (χ3n) is 3.69. The first-order valence-corrected chi connectivity index (χ1v) is 6.74. The Balaban J connectivity index is 1.91. The van der Waals surface area contributed by atoms with Crippen LogP contribution in [0, 0.1) is 16.7 Å². The van der Waals surface area contributed by atoms with Crippen LogP contribution >= 0.6 is 11.6 Å². The van der Waals surface area contributed by atoms with Gasteiger partial charge in [-0.05, 0) is 30.5 Å². The van der Waals surface area contributed by atoms with Crippen LogP contribution in [0.5, 0.6) is 0 Å². The molecule has 0 radical (unpaired) electrons. The predicted molar refractivity (Wildman–Crippen MR) is 75.3 cm³/mol. The van der Waals surface area contributed by atoms with E-state index in [1.54, 1.807) is 24.5 Å². The molecule has 1 aromatic heterocycles. The highest BCUT2D eigenvalue weighted by Crippen LogP contribution is 2.49. The Labute approximate surface area is 121 Å². The van der Waals surface area contributed by atoms with Crippen LogP contribution < -0.4 is 0 Å². The van der Waals surface area contributed by atoms with Crippen molar-refractivity contribution in [1.82, 2.24) is 10.2 Å². The van der Waals surface area contributed by atoms with Crippen molar-refractivity contribution < 1.29 is 4.79 Å². The molecule has 1 aliphatic rings. The summed E-state index contributed by atoms with van der Waals surface area (Å²) in [6.07, 6.45) is 5.30. The molecule has 20 heavy (non-hydrogen) atoms. The maximum atomic E-state index is 12.3. The van der Waals surface area contributed by atoms with E-state index in [2.05, 4.69) is 16.3 Å². The lowest BCUT2D eigenvalue weighted by Crippen LogP contribution is -2.08. The quantitative estimate of drug-likeness (QED) is 0.873. The number of H-pyrrole nitrogens is 1. The fourth-order valence-corrected chi connectivity index (χ4v) is 2.43. The van der Waals surface area contributed by atoms with Crippen molar-refractivity contribution >= 4 is 17.4 Å². The van der Waals surface area contributed by atoms with Gasteiger partial charge in [-0.3, -0.25) is 9.89 Å². The zero-order valence-electron chi connectivity index (χ0n) is 10.7. The van der Waals surface area contributed by atoms with Gasteiger partial charge in [-0.1, -0.05) is 17.7 Å². The van der Waals surface area contributed by atoms with Crippen LogP contribution in [0.3, 0.4) is 0 Å². The van der Waals surface area contributed by atoms with Crippen LogP contribution in [0.15, 0.2) is 30.6 Å². The van der Waals surface area contributed by atoms with E-state index in [0.29, 0.717) is 10.6 Å². The van der Waals surface area contributed by atoms with Gasteiger partial charge in [-0.25, -0.2) is 0 Å². The minimum absolute atomic E-state index is 0.0700. The number of aromatic nitrogens is 2. The number of Topliss-reactive ketones (excluding diaryl/α,β-unsaturated/α-hetero) is 1. The Bertz CT molecular complexity index is 696. The van der Waals surface area contributed by atoms with Crippen molar-refractivity contribution in [2.24, 2.45) is 5.41 Å². The molecule has 1 heterocycles. The smallest absolute Gasteiger partial charge is 0.165 e. The van der Waals surface area contributed by atoms with Crippen molar-refractivity contribution in [3.05, 3.63) is 41.2 Å². The molecule has 0 bridgehead atoms. The Morgan fingerprint density at radius 2 is 2.25 bits per heavy atom. The molecule has 1 fully saturated rings. The number of ketones is 1. The fourth-order valence-electron chi connectivity index (χ4n) is 2.21. The van der Waals surface area contributed by atoms with E-state index in [1.807, 2.05) is 6.07 Å². The Morgan fingerprint density at radius 3 is 2.85 bits per heavy atom. The summed E-state index contributed by atoms with van der Waals surface area (Å²) < 4.78 is 0. The standard InChI is InChI=1S/C15H12ClN3O/c16-13-2-1-10(11-7-18-19-8-11)5-12(13)14(20)6-15(9-17)3-4-15/h1-2,5,7-8H,3-4,6H2,(H,18,19). The summed E-state index contributed by atoms with van der Waals surface area (Å²) in [5, 5.41) is 16.1. The van der Waals surface area contributed by atoms with E-state index in [9.17, 15) is 4.79 Å². The second-order valence-electron chi connectivity index (χ2n) is 5.17. The summed E-state index contributed by atoms with van der Waals surface area (Å²) >= 11 is 6.12. The molecule has 0 amide bonds. The largest absolute Gasteiger partial charge is 0.294 e. The second kappa shape index (κ2) is 4.77. The zero-order valence-corrected chi connectivity index (χ0v) is 11.4. The van der Waals surface area contributed by atoms with Gasteiger partial charge >= 0.3 is 0 Å². The van der Waals surface area contributed by atoms with Crippen LogP contribution in [-0.2, 0) is 0 Å². The number of hydrogen-bond donors (Lipinski definition) is 1. The minimum atomic E-state index is -0.452. The number of carbonyl (C=O) groups is 1. The second-order valence-corrected chi connectivity index (χ2v) is 5.58. The Morgan fingerprint density at radius 1 is 1.45 bits per heavy atom. The molecule has 100 valence electrons. The maximum absolute atomic E-state index is 12.3. The SMILES string of the molecule is N#CC1(CC(=O)c2cc(-c3cn[nH]c3)ccc2Cl)CC1. The van der Waals surface area contributed by atoms with E-state index < -0.39 is 5.41 Å². The number of rotatable bonds is 4. The number of nitrogens with one attached hydrogen (secondary N) is 1. The third-order valence-corrected chi connectivity index (χ3v) is 4.02. The first-order valence-electron chi connectivity index (χ1n) is 6.37. The van der Waals surface area contributed by atoms with Crippen LogP contribution in [-0.4, -0.2) is 16.0 Å². The summed E-state index contributed by atoms with van der Waals surface area (Å²) in [6.45, 7) is 0. The number of carbonyl (C=O) groups excluding carboxylic acids is 1. The van der Waals surface area contributed by atoms with Crippen LogP contribution in [0.25, 0.3) is 11.1 Å². The van der Waals surface area contributed by atoms with Crippen LogP contribution in [0.4, 0.5) is 0 Å². The molecule has 5 heteroatoms. The van der Waals surface area contributed by atoms with Gasteiger partial charge in [0, 0.05) is 23.7 Å². The lowest BCUT2D eigenvalue weighted by atomic mass is 9.95. The van der Waals surface area contributed by atoms with E-state index in [0.717, 1.165) is 24.0 Å². The average molecular weight is 286 g/mol. The molecule has 0 atom stereocenters. The minimum Gasteiger partial charge on any atom is -0.294 e. The molecule has 1 saturated carbocycles. The Kier molecular flexibility index (Phi) is 3.07.